The second-order valence-electron chi connectivity index (χ2n) is 4.81. The lowest BCUT2D eigenvalue weighted by atomic mass is 10.1. The molecule has 0 spiro atoms. The van der Waals surface area contributed by atoms with Crippen LogP contribution in [0.1, 0.15) is 27.0 Å². The molecule has 1 atom stereocenters. The topological polar surface area (TPSA) is 38.7 Å². The number of aryl methyl sites for hydroxylation is 2. The van der Waals surface area contributed by atoms with Gasteiger partial charge in [0.2, 0.25) is 0 Å². The average Bonchev–Trinajstić information content (AvgIpc) is 2.77. The summed E-state index contributed by atoms with van der Waals surface area (Å²) in [7, 11) is 0. The number of halogens is 1. The van der Waals surface area contributed by atoms with E-state index in [2.05, 4.69) is 29.8 Å². The highest BCUT2D eigenvalue weighted by atomic mass is 79.9. The molecule has 0 radical (unpaired) electrons. The number of rotatable bonds is 2. The Morgan fingerprint density at radius 1 is 1.15 bits per heavy atom. The van der Waals surface area contributed by atoms with Crippen molar-refractivity contribution in [3.05, 3.63) is 43.6 Å². The first-order valence-corrected chi connectivity index (χ1v) is 8.01. The summed E-state index contributed by atoms with van der Waals surface area (Å²) in [4.78, 5) is 2.17. The minimum Gasteiger partial charge on any atom is -0.486 e. The Morgan fingerprint density at radius 2 is 1.80 bits per heavy atom. The maximum Gasteiger partial charge on any atom is 0.162 e. The number of benzene rings is 1. The summed E-state index contributed by atoms with van der Waals surface area (Å²) in [6.07, 6.45) is -0.655. The molecule has 20 heavy (non-hydrogen) atoms. The molecule has 5 heteroatoms. The van der Waals surface area contributed by atoms with Crippen LogP contribution in [-0.2, 0) is 0 Å². The van der Waals surface area contributed by atoms with E-state index in [9.17, 15) is 5.11 Å². The van der Waals surface area contributed by atoms with Crippen molar-refractivity contribution in [2.45, 2.75) is 20.0 Å². The standard InChI is InChI=1S/C15H15BrO3S/c1-8-5-14(20-9(8)2)15(17)10-6-12-13(7-11(10)16)19-4-3-18-12/h5-7,15,17H,3-4H2,1-2H3. The SMILES string of the molecule is Cc1cc(C(O)c2cc3c(cc2Br)OCCO3)sc1C. The summed E-state index contributed by atoms with van der Waals surface area (Å²) in [5.74, 6) is 1.41. The summed E-state index contributed by atoms with van der Waals surface area (Å²) in [5.41, 5.74) is 2.01. The Bertz CT molecular complexity index is 631. The fourth-order valence-electron chi connectivity index (χ4n) is 2.18. The monoisotopic (exact) mass is 354 g/mol. The van der Waals surface area contributed by atoms with Gasteiger partial charge in [-0.15, -0.1) is 11.3 Å². The maximum absolute atomic E-state index is 10.6. The van der Waals surface area contributed by atoms with Crippen LogP contribution in [0.4, 0.5) is 0 Å². The van der Waals surface area contributed by atoms with Gasteiger partial charge in [0.15, 0.2) is 11.5 Å². The van der Waals surface area contributed by atoms with Gasteiger partial charge in [0.1, 0.15) is 19.3 Å². The van der Waals surface area contributed by atoms with E-state index in [-0.39, 0.29) is 0 Å². The highest BCUT2D eigenvalue weighted by molar-refractivity contribution is 9.10. The van der Waals surface area contributed by atoms with Crippen molar-refractivity contribution >= 4 is 27.3 Å². The first-order valence-electron chi connectivity index (χ1n) is 6.40. The molecule has 0 aliphatic carbocycles. The summed E-state index contributed by atoms with van der Waals surface area (Å²) in [5, 5.41) is 10.6. The maximum atomic E-state index is 10.6. The van der Waals surface area contributed by atoms with Crippen LogP contribution in [0.2, 0.25) is 0 Å². The molecule has 1 aliphatic rings. The quantitative estimate of drug-likeness (QED) is 0.886. The van der Waals surface area contributed by atoms with Crippen LogP contribution in [0.15, 0.2) is 22.7 Å². The molecule has 1 N–H and O–H groups in total. The van der Waals surface area contributed by atoms with Gasteiger partial charge in [0.25, 0.3) is 0 Å². The second kappa shape index (κ2) is 5.39. The number of aliphatic hydroxyl groups is 1. The lowest BCUT2D eigenvalue weighted by molar-refractivity contribution is 0.169. The molecule has 3 nitrogen and oxygen atoms in total. The van der Waals surface area contributed by atoms with Crippen LogP contribution in [-0.4, -0.2) is 18.3 Å². The van der Waals surface area contributed by atoms with Crippen LogP contribution in [0.3, 0.4) is 0 Å². The van der Waals surface area contributed by atoms with Crippen LogP contribution < -0.4 is 9.47 Å². The van der Waals surface area contributed by atoms with Crippen molar-refractivity contribution in [3.63, 3.8) is 0 Å². The summed E-state index contributed by atoms with van der Waals surface area (Å²) in [6, 6.07) is 5.75. The number of aliphatic hydroxyl groups excluding tert-OH is 1. The van der Waals surface area contributed by atoms with Crippen LogP contribution in [0, 0.1) is 13.8 Å². The van der Waals surface area contributed by atoms with Crippen LogP contribution in [0.25, 0.3) is 0 Å². The zero-order chi connectivity index (χ0) is 14.3. The van der Waals surface area contributed by atoms with Gasteiger partial charge >= 0.3 is 0 Å². The lowest BCUT2D eigenvalue weighted by Gasteiger charge is -2.21. The third-order valence-electron chi connectivity index (χ3n) is 3.41. The van der Waals surface area contributed by atoms with E-state index in [1.54, 1.807) is 11.3 Å². The van der Waals surface area contributed by atoms with Gasteiger partial charge in [-0.2, -0.15) is 0 Å². The molecular weight excluding hydrogens is 340 g/mol. The van der Waals surface area contributed by atoms with Crippen molar-refractivity contribution in [1.82, 2.24) is 0 Å². The minimum absolute atomic E-state index is 0.543. The Labute approximate surface area is 130 Å². The largest absolute Gasteiger partial charge is 0.486 e. The molecule has 0 saturated carbocycles. The van der Waals surface area contributed by atoms with Crippen LogP contribution in [0.5, 0.6) is 11.5 Å². The molecule has 1 aromatic carbocycles. The summed E-state index contributed by atoms with van der Waals surface area (Å²) in [6.45, 7) is 5.22. The Morgan fingerprint density at radius 3 is 2.40 bits per heavy atom. The Hall–Kier alpha value is -1.04. The predicted octanol–water partition coefficient (Wildman–Crippen LogP) is 3.98. The second-order valence-corrected chi connectivity index (χ2v) is 6.95. The smallest absolute Gasteiger partial charge is 0.162 e. The van der Waals surface area contributed by atoms with E-state index in [1.165, 1.54) is 10.4 Å². The van der Waals surface area contributed by atoms with E-state index in [1.807, 2.05) is 18.2 Å². The van der Waals surface area contributed by atoms with Crippen molar-refractivity contribution in [3.8, 4) is 11.5 Å². The molecular formula is C15H15BrO3S. The molecule has 2 aromatic rings. The number of ether oxygens (including phenoxy) is 2. The third-order valence-corrected chi connectivity index (χ3v) is 5.30. The van der Waals surface area contributed by atoms with Gasteiger partial charge in [0, 0.05) is 19.8 Å². The van der Waals surface area contributed by atoms with Crippen molar-refractivity contribution in [2.24, 2.45) is 0 Å². The Balaban J connectivity index is 2.00. The van der Waals surface area contributed by atoms with Crippen LogP contribution >= 0.6 is 27.3 Å². The van der Waals surface area contributed by atoms with Gasteiger partial charge in [-0.05, 0) is 37.6 Å². The predicted molar refractivity (Wildman–Crippen MR) is 83.0 cm³/mol. The van der Waals surface area contributed by atoms with E-state index in [4.69, 9.17) is 9.47 Å². The fourth-order valence-corrected chi connectivity index (χ4v) is 3.77. The Kier molecular flexibility index (Phi) is 3.75. The van der Waals surface area contributed by atoms with Crippen molar-refractivity contribution < 1.29 is 14.6 Å². The highest BCUT2D eigenvalue weighted by Crippen LogP contribution is 2.40. The average molecular weight is 355 g/mol. The van der Waals surface area contributed by atoms with E-state index in [0.29, 0.717) is 19.0 Å². The zero-order valence-electron chi connectivity index (χ0n) is 11.3. The van der Waals surface area contributed by atoms with E-state index < -0.39 is 6.10 Å². The molecule has 2 heterocycles. The molecule has 1 aromatic heterocycles. The number of hydrogen-bond acceptors (Lipinski definition) is 4. The molecule has 0 fully saturated rings. The third kappa shape index (κ3) is 2.45. The van der Waals surface area contributed by atoms with Crippen molar-refractivity contribution in [1.29, 1.82) is 0 Å². The fraction of sp³-hybridized carbons (Fsp3) is 0.333. The minimum atomic E-state index is -0.655. The molecule has 0 bridgehead atoms. The van der Waals surface area contributed by atoms with Gasteiger partial charge in [0.05, 0.1) is 0 Å². The lowest BCUT2D eigenvalue weighted by Crippen LogP contribution is -2.16. The normalized spacial score (nSPS) is 15.2. The number of hydrogen-bond donors (Lipinski definition) is 1. The molecule has 0 amide bonds. The molecule has 0 saturated heterocycles. The van der Waals surface area contributed by atoms with Gasteiger partial charge in [-0.3, -0.25) is 0 Å². The summed E-state index contributed by atoms with van der Waals surface area (Å²) >= 11 is 5.13. The molecule has 1 aliphatic heterocycles. The molecule has 3 rings (SSSR count). The zero-order valence-corrected chi connectivity index (χ0v) is 13.7. The molecule has 106 valence electrons. The van der Waals surface area contributed by atoms with Crippen molar-refractivity contribution in [2.75, 3.05) is 13.2 Å². The van der Waals surface area contributed by atoms with Gasteiger partial charge in [-0.25, -0.2) is 0 Å². The highest BCUT2D eigenvalue weighted by Gasteiger charge is 2.21. The number of fused-ring (bicyclic) bond motifs is 1. The number of thiophene rings is 1. The first kappa shape index (κ1) is 13.9. The van der Waals surface area contributed by atoms with Gasteiger partial charge < -0.3 is 14.6 Å². The molecule has 1 unspecified atom stereocenters. The van der Waals surface area contributed by atoms with E-state index in [0.717, 1.165) is 20.7 Å². The van der Waals surface area contributed by atoms with Gasteiger partial charge in [-0.1, -0.05) is 15.9 Å². The first-order chi connectivity index (χ1) is 9.56. The van der Waals surface area contributed by atoms with E-state index >= 15 is 0 Å². The summed E-state index contributed by atoms with van der Waals surface area (Å²) < 4.78 is 11.9.